The lowest BCUT2D eigenvalue weighted by Gasteiger charge is -2.28. The van der Waals surface area contributed by atoms with Crippen LogP contribution in [0.5, 0.6) is 0 Å². The van der Waals surface area contributed by atoms with Gasteiger partial charge in [-0.2, -0.15) is 19.9 Å². The molecule has 2 aliphatic carbocycles. The molecule has 100 heavy (non-hydrogen) atoms. The Morgan fingerprint density at radius 2 is 0.870 bits per heavy atom. The number of nitrogens with zero attached hydrogens (tertiary/aromatic N) is 5. The Bertz CT molecular complexity index is 4990. The molecule has 9 aromatic rings. The second-order valence-electron chi connectivity index (χ2n) is 25.8. The number of fused-ring (bicyclic) bond motifs is 5. The minimum Gasteiger partial charge on any atom is -0.426 e. The Morgan fingerprint density at radius 1 is 0.490 bits per heavy atom. The van der Waals surface area contributed by atoms with Crippen molar-refractivity contribution in [2.24, 2.45) is 11.3 Å². The summed E-state index contributed by atoms with van der Waals surface area (Å²) in [6.45, 7) is 16.2. The van der Waals surface area contributed by atoms with Crippen LogP contribution in [0.2, 0.25) is 0 Å². The Morgan fingerprint density at radius 3 is 1.24 bits per heavy atom. The summed E-state index contributed by atoms with van der Waals surface area (Å²) in [5, 5.41) is 1.13. The molecule has 0 bridgehead atoms. The molecule has 12 rings (SSSR count). The van der Waals surface area contributed by atoms with Crippen molar-refractivity contribution in [2.45, 2.75) is 222 Å². The molecule has 2 amide bonds. The van der Waals surface area contributed by atoms with E-state index >= 15 is 0 Å². The highest BCUT2D eigenvalue weighted by Gasteiger charge is 2.37. The number of likely N-dealkylation sites (N-methyl/N-ethyl adjacent to an activating group) is 1. The number of hydrogen-bond acceptors (Lipinski definition) is 20. The Labute approximate surface area is 569 Å². The van der Waals surface area contributed by atoms with Gasteiger partial charge in [0.05, 0.1) is 12.0 Å². The maximum absolute atomic E-state index is 13.3. The molecule has 2 saturated carbocycles. The molecule has 3 unspecified atom stereocenters. The van der Waals surface area contributed by atoms with E-state index in [4.69, 9.17) is 22.1 Å². The normalized spacial score (nSPS) is 14.7. The number of amides is 2. The number of H-pyrrole nitrogens is 4. The van der Waals surface area contributed by atoms with Crippen LogP contribution in [-0.4, -0.2) is 63.1 Å². The fourth-order valence-corrected chi connectivity index (χ4v) is 11.8. The van der Waals surface area contributed by atoms with Crippen molar-refractivity contribution in [3.63, 3.8) is 0 Å². The predicted octanol–water partition coefficient (Wildman–Crippen LogP) is 11.6. The van der Waals surface area contributed by atoms with Gasteiger partial charge < -0.3 is 42.0 Å². The number of aryl methyl sites for hydroxylation is 6. The number of hydrogen-bond donors (Lipinski definition) is 4. The van der Waals surface area contributed by atoms with Gasteiger partial charge in [-0.3, -0.25) is 33.7 Å². The molecule has 4 N–H and O–H groups in total. The molecular formula is C72H86F3N9O16. The molecule has 0 radical (unpaired) electrons. The molecule has 1 aliphatic heterocycles. The molecule has 9 aromatic heterocycles. The van der Waals surface area contributed by atoms with E-state index in [2.05, 4.69) is 60.6 Å². The van der Waals surface area contributed by atoms with Gasteiger partial charge in [0.25, 0.3) is 28.1 Å². The van der Waals surface area contributed by atoms with Gasteiger partial charge in [-0.05, 0) is 150 Å². The maximum Gasteiger partial charge on any atom is 0.337 e. The molecule has 10 heterocycles. The van der Waals surface area contributed by atoms with Crippen molar-refractivity contribution >= 4 is 56.2 Å². The Kier molecular flexibility index (Phi) is 26.1. The van der Waals surface area contributed by atoms with Gasteiger partial charge in [0, 0.05) is 43.3 Å². The summed E-state index contributed by atoms with van der Waals surface area (Å²) in [6.07, 6.45) is 15.3. The summed E-state index contributed by atoms with van der Waals surface area (Å²) in [6, 6.07) is 6.76. The van der Waals surface area contributed by atoms with Crippen molar-refractivity contribution < 1.29 is 44.8 Å². The first-order chi connectivity index (χ1) is 47.7. The van der Waals surface area contributed by atoms with Crippen LogP contribution in [0.25, 0.3) is 44.4 Å². The SMILES string of the molecule is CC(F)c1nc2oc(=O)cc(CCCC3(C)CC3)c2c(=O)[nH]1.CCCCCc1cc(=O)oc2nc(C(C)F)[nH]c(=O)c12.CCCCc1cc(=O)oc2nc(C(C)F)[nH]c(=O)c12.CCCCc1cc(=O)oc2nc(CC)[nH]c(=O)c12.CCN1C(=O)Cc2oc(=O)cc(CCC3CCC3)c2C1=O. The fraction of sp³-hybridized carbons (Fsp3) is 0.514. The molecule has 3 aliphatic rings. The lowest BCUT2D eigenvalue weighted by atomic mass is 9.81. The van der Waals surface area contributed by atoms with Crippen LogP contribution in [0.15, 0.2) is 95.6 Å². The van der Waals surface area contributed by atoms with Gasteiger partial charge in [-0.1, -0.05) is 79.6 Å². The molecule has 25 nitrogen and oxygen atoms in total. The number of unbranched alkanes of at least 4 members (excludes halogenated alkanes) is 4. The van der Waals surface area contributed by atoms with E-state index < -0.39 is 63.3 Å². The third kappa shape index (κ3) is 19.4. The zero-order chi connectivity index (χ0) is 72.7. The highest BCUT2D eigenvalue weighted by molar-refractivity contribution is 6.09. The van der Waals surface area contributed by atoms with E-state index in [1.54, 1.807) is 6.92 Å². The molecule has 0 saturated heterocycles. The Hall–Kier alpha value is -9.76. The topological polar surface area (TPSA) is 371 Å². The molecule has 2 fully saturated rings. The van der Waals surface area contributed by atoms with Gasteiger partial charge in [0.1, 0.15) is 50.6 Å². The first-order valence-corrected chi connectivity index (χ1v) is 34.4. The van der Waals surface area contributed by atoms with E-state index in [-0.39, 0.29) is 86.0 Å². The van der Waals surface area contributed by atoms with Crippen LogP contribution < -0.4 is 50.4 Å². The summed E-state index contributed by atoms with van der Waals surface area (Å²) in [5.74, 6) is 0.475. The summed E-state index contributed by atoms with van der Waals surface area (Å²) in [7, 11) is 0. The van der Waals surface area contributed by atoms with Crippen LogP contribution in [0.3, 0.4) is 0 Å². The molecular weight excluding hydrogens is 1300 g/mol. The second-order valence-corrected chi connectivity index (χ2v) is 25.8. The smallest absolute Gasteiger partial charge is 0.337 e. The third-order valence-electron chi connectivity index (χ3n) is 17.9. The van der Waals surface area contributed by atoms with Crippen molar-refractivity contribution in [2.75, 3.05) is 6.54 Å². The number of aromatic amines is 4. The number of carbonyl (C=O) groups excluding carboxylic acids is 2. The van der Waals surface area contributed by atoms with Crippen LogP contribution in [-0.2, 0) is 49.7 Å². The second kappa shape index (κ2) is 34.3. The number of halogens is 3. The predicted molar refractivity (Wildman–Crippen MR) is 368 cm³/mol. The summed E-state index contributed by atoms with van der Waals surface area (Å²) < 4.78 is 64.7. The number of alkyl halides is 3. The third-order valence-corrected chi connectivity index (χ3v) is 17.9. The van der Waals surface area contributed by atoms with Crippen LogP contribution in [0.1, 0.15) is 244 Å². The highest BCUT2D eigenvalue weighted by atomic mass is 19.1. The van der Waals surface area contributed by atoms with Crippen molar-refractivity contribution in [1.29, 1.82) is 0 Å². The van der Waals surface area contributed by atoms with E-state index in [0.717, 1.165) is 75.3 Å². The van der Waals surface area contributed by atoms with E-state index in [0.29, 0.717) is 89.9 Å². The van der Waals surface area contributed by atoms with Gasteiger partial charge in [0.2, 0.25) is 28.8 Å². The van der Waals surface area contributed by atoms with Crippen LogP contribution in [0, 0.1) is 11.3 Å². The molecule has 536 valence electrons. The average molecular weight is 1390 g/mol. The van der Waals surface area contributed by atoms with Crippen molar-refractivity contribution in [3.05, 3.63) is 186 Å². The maximum atomic E-state index is 13.3. The Balaban J connectivity index is 0.000000159. The van der Waals surface area contributed by atoms with E-state index in [1.165, 1.54) is 88.1 Å². The summed E-state index contributed by atoms with van der Waals surface area (Å²) in [4.78, 5) is 157. The molecule has 0 aromatic carbocycles. The number of aromatic nitrogens is 8. The van der Waals surface area contributed by atoms with Gasteiger partial charge in [-0.25, -0.2) is 37.1 Å². The quantitative estimate of drug-likeness (QED) is 0.0362. The van der Waals surface area contributed by atoms with Gasteiger partial charge in [0.15, 0.2) is 18.5 Å². The van der Waals surface area contributed by atoms with Crippen molar-refractivity contribution in [1.82, 2.24) is 44.8 Å². The highest BCUT2D eigenvalue weighted by Crippen LogP contribution is 2.49. The number of rotatable bonds is 22. The first-order valence-electron chi connectivity index (χ1n) is 34.4. The summed E-state index contributed by atoms with van der Waals surface area (Å²) >= 11 is 0. The zero-order valence-corrected chi connectivity index (χ0v) is 57.9. The zero-order valence-electron chi connectivity index (χ0n) is 57.9. The fourth-order valence-electron chi connectivity index (χ4n) is 11.8. The van der Waals surface area contributed by atoms with Gasteiger partial charge >= 0.3 is 28.1 Å². The van der Waals surface area contributed by atoms with Crippen LogP contribution in [0.4, 0.5) is 13.2 Å². The molecule has 3 atom stereocenters. The van der Waals surface area contributed by atoms with Crippen molar-refractivity contribution in [3.8, 4) is 0 Å². The minimum atomic E-state index is -1.43. The lowest BCUT2D eigenvalue weighted by Crippen LogP contribution is -2.43. The number of imide groups is 1. The summed E-state index contributed by atoms with van der Waals surface area (Å²) in [5.41, 5.74) is -0.210. The minimum absolute atomic E-state index is 0.00141. The molecule has 28 heteroatoms. The monoisotopic (exact) mass is 1390 g/mol. The van der Waals surface area contributed by atoms with Gasteiger partial charge in [-0.15, -0.1) is 0 Å². The lowest BCUT2D eigenvalue weighted by molar-refractivity contribution is -0.128. The molecule has 0 spiro atoms. The van der Waals surface area contributed by atoms with E-state index in [1.807, 2.05) is 13.8 Å². The largest absolute Gasteiger partial charge is 0.426 e. The number of carbonyl (C=O) groups is 2. The average Bonchev–Trinajstić information content (AvgIpc) is 1.26. The standard InChI is InChI=1S/C16H19FN2O3.C16H19NO4.C14H17FN2O3.C13H15FN2O3.C13H16N2O3/c1-9(17)13-18-14(21)12-10(4-3-5-16(2)6-7-16)8-11(20)22-15(12)19-13;1-2-17-13(18)9-12-15(16(17)20)11(8-14(19)21-12)7-6-10-4-3-5-10;1-3-4-5-6-9-7-10(18)20-14-11(9)13(19)16-12(17-14)8(2)15;1-3-4-5-8-6-9(17)19-13-10(8)12(18)15-11(16-13)7(2)14;1-3-5-6-8-7-10(16)18-13-11(8)12(17)14-9(4-2)15-13/h8-9H,3-7H2,1-2H3,(H,18,19,21);8,10H,2-7,9H2,1H3;7-8H,3-6H2,1-2H3,(H,16,17,19);6-7H,3-5H2,1-2H3,(H,15,16,18);7H,3-6H2,1-2H3,(H,14,15,17). The van der Waals surface area contributed by atoms with E-state index in [9.17, 15) is 65.9 Å². The first kappa shape index (κ1) is 76.0. The number of nitrogens with one attached hydrogen (secondary N) is 4. The van der Waals surface area contributed by atoms with Crippen LogP contribution >= 0.6 is 0 Å².